The van der Waals surface area contributed by atoms with Gasteiger partial charge in [-0.15, -0.1) is 0 Å². The Morgan fingerprint density at radius 2 is 2.07 bits per heavy atom. The van der Waals surface area contributed by atoms with Crippen molar-refractivity contribution in [3.8, 4) is 5.75 Å². The van der Waals surface area contributed by atoms with Crippen LogP contribution in [-0.4, -0.2) is 93.0 Å². The summed E-state index contributed by atoms with van der Waals surface area (Å²) in [6.45, 7) is 4.16. The van der Waals surface area contributed by atoms with Gasteiger partial charge in [0.05, 0.1) is 36.3 Å². The van der Waals surface area contributed by atoms with E-state index in [4.69, 9.17) is 4.74 Å². The van der Waals surface area contributed by atoms with Crippen LogP contribution in [0, 0.1) is 11.6 Å². The largest absolute Gasteiger partial charge is 0.493 e. The van der Waals surface area contributed by atoms with Gasteiger partial charge >= 0.3 is 0 Å². The van der Waals surface area contributed by atoms with Crippen LogP contribution in [0.5, 0.6) is 5.75 Å². The summed E-state index contributed by atoms with van der Waals surface area (Å²) < 4.78 is 34.6. The van der Waals surface area contributed by atoms with Gasteiger partial charge in [-0.1, -0.05) is 6.07 Å². The van der Waals surface area contributed by atoms with Gasteiger partial charge in [-0.05, 0) is 37.7 Å². The Hall–Kier alpha value is -4.20. The molecule has 0 spiro atoms. The van der Waals surface area contributed by atoms with Gasteiger partial charge in [-0.25, -0.2) is 18.7 Å². The fourth-order valence-electron chi connectivity index (χ4n) is 4.79. The van der Waals surface area contributed by atoms with Crippen LogP contribution in [-0.2, 0) is 11.3 Å². The van der Waals surface area contributed by atoms with Gasteiger partial charge in [0.25, 0.3) is 0 Å². The fraction of sp³-hybridized carbons (Fsp3) is 0.357. The zero-order chi connectivity index (χ0) is 28.8. The highest BCUT2D eigenvalue weighted by Gasteiger charge is 2.24. The quantitative estimate of drug-likeness (QED) is 0.235. The normalized spacial score (nSPS) is 16.1. The Morgan fingerprint density at radius 1 is 1.20 bits per heavy atom. The lowest BCUT2D eigenvalue weighted by atomic mass is 10.2. The molecule has 3 heterocycles. The molecular formula is C28H32F2N8O3. The summed E-state index contributed by atoms with van der Waals surface area (Å²) in [5.41, 5.74) is 1.05. The molecule has 2 aromatic heterocycles. The number of rotatable bonds is 11. The summed E-state index contributed by atoms with van der Waals surface area (Å²) in [5.74, 6) is -1.46. The summed E-state index contributed by atoms with van der Waals surface area (Å²) in [7, 11) is 2.07. The van der Waals surface area contributed by atoms with Crippen molar-refractivity contribution >= 4 is 34.0 Å². The second kappa shape index (κ2) is 13.0. The van der Waals surface area contributed by atoms with Crippen molar-refractivity contribution in [3.05, 3.63) is 66.8 Å². The van der Waals surface area contributed by atoms with Crippen LogP contribution >= 0.6 is 0 Å². The van der Waals surface area contributed by atoms with E-state index in [0.29, 0.717) is 29.4 Å². The Labute approximate surface area is 235 Å². The molecule has 1 amide bonds. The van der Waals surface area contributed by atoms with E-state index in [1.54, 1.807) is 6.20 Å². The molecule has 13 heteroatoms. The van der Waals surface area contributed by atoms with Gasteiger partial charge in [-0.3, -0.25) is 14.4 Å². The number of likely N-dealkylation sites (N-methyl/N-ethyl adjacent to an activating group) is 1. The zero-order valence-corrected chi connectivity index (χ0v) is 22.6. The number of amides is 1. The second-order valence-corrected chi connectivity index (χ2v) is 9.94. The summed E-state index contributed by atoms with van der Waals surface area (Å²) in [5, 5.41) is 20.1. The maximum atomic E-state index is 13.8. The smallest absolute Gasteiger partial charge is 0.246 e. The topological polar surface area (TPSA) is 121 Å². The van der Waals surface area contributed by atoms with E-state index in [9.17, 15) is 18.7 Å². The van der Waals surface area contributed by atoms with Crippen molar-refractivity contribution in [1.82, 2.24) is 29.5 Å². The second-order valence-electron chi connectivity index (χ2n) is 9.94. The Balaban J connectivity index is 1.15. The number of anilines is 3. The van der Waals surface area contributed by atoms with Gasteiger partial charge in [-0.2, -0.15) is 5.10 Å². The maximum Gasteiger partial charge on any atom is 0.246 e. The number of nitrogens with zero attached hydrogens (tertiary/aromatic N) is 6. The summed E-state index contributed by atoms with van der Waals surface area (Å²) >= 11 is 0. The highest BCUT2D eigenvalue weighted by atomic mass is 19.2. The first-order chi connectivity index (χ1) is 19.9. The molecule has 1 atom stereocenters. The van der Waals surface area contributed by atoms with Crippen molar-refractivity contribution in [2.45, 2.75) is 19.0 Å². The van der Waals surface area contributed by atoms with Gasteiger partial charge in [0.15, 0.2) is 11.6 Å². The van der Waals surface area contributed by atoms with Crippen LogP contribution < -0.4 is 15.4 Å². The van der Waals surface area contributed by atoms with Crippen LogP contribution in [0.2, 0.25) is 0 Å². The predicted octanol–water partition coefficient (Wildman–Crippen LogP) is 2.86. The molecule has 1 fully saturated rings. The van der Waals surface area contributed by atoms with Gasteiger partial charge in [0.1, 0.15) is 24.4 Å². The first-order valence-corrected chi connectivity index (χ1v) is 13.3. The average molecular weight is 567 g/mol. The van der Waals surface area contributed by atoms with E-state index in [0.717, 1.165) is 44.1 Å². The number of nitrogens with one attached hydrogen (secondary N) is 2. The summed E-state index contributed by atoms with van der Waals surface area (Å²) in [6, 6.07) is 9.33. The first-order valence-electron chi connectivity index (χ1n) is 13.3. The van der Waals surface area contributed by atoms with Crippen molar-refractivity contribution < 1.29 is 23.4 Å². The van der Waals surface area contributed by atoms with Crippen LogP contribution in [0.1, 0.15) is 6.42 Å². The highest BCUT2D eigenvalue weighted by Crippen LogP contribution is 2.26. The molecule has 1 aliphatic rings. The van der Waals surface area contributed by atoms with Crippen molar-refractivity contribution in [2.75, 3.05) is 57.1 Å². The first kappa shape index (κ1) is 28.3. The molecule has 0 aliphatic carbocycles. The summed E-state index contributed by atoms with van der Waals surface area (Å²) in [4.78, 5) is 25.6. The molecule has 0 saturated carbocycles. The standard InChI is InChI=1S/C28H32F2N8O3/c1-36-9-10-37(20(15-36)17-39)8-3-11-41-21-6-7-22-25(12-21)31-18-32-28(22)34-19-13-33-38(14-19)16-26(40)35-24-5-2-4-23(29)27(24)30/h2,4-7,12-14,18,20,39H,3,8-11,15-17H2,1H3,(H,35,40)(H,31,32,34). The van der Waals surface area contributed by atoms with Crippen LogP contribution in [0.4, 0.5) is 26.0 Å². The zero-order valence-electron chi connectivity index (χ0n) is 22.6. The molecule has 0 radical (unpaired) electrons. The highest BCUT2D eigenvalue weighted by molar-refractivity contribution is 5.92. The van der Waals surface area contributed by atoms with Crippen molar-refractivity contribution in [1.29, 1.82) is 0 Å². The fourth-order valence-corrected chi connectivity index (χ4v) is 4.79. The predicted molar refractivity (Wildman–Crippen MR) is 150 cm³/mol. The molecule has 41 heavy (non-hydrogen) atoms. The minimum Gasteiger partial charge on any atom is -0.493 e. The number of benzene rings is 2. The molecule has 4 aromatic rings. The van der Waals surface area contributed by atoms with E-state index in [1.807, 2.05) is 18.2 Å². The molecule has 0 bridgehead atoms. The number of carbonyl (C=O) groups excluding carboxylic acids is 1. The molecule has 1 aliphatic heterocycles. The number of piperazine rings is 1. The van der Waals surface area contributed by atoms with E-state index in [-0.39, 0.29) is 24.9 Å². The lowest BCUT2D eigenvalue weighted by molar-refractivity contribution is -0.116. The minimum absolute atomic E-state index is 0.153. The van der Waals surface area contributed by atoms with Gasteiger partial charge in [0.2, 0.25) is 5.91 Å². The van der Waals surface area contributed by atoms with E-state index < -0.39 is 17.5 Å². The Bertz CT molecular complexity index is 1500. The van der Waals surface area contributed by atoms with Crippen LogP contribution in [0.3, 0.4) is 0 Å². The molecular weight excluding hydrogens is 534 g/mol. The van der Waals surface area contributed by atoms with Gasteiger partial charge in [0, 0.05) is 49.9 Å². The molecule has 3 N–H and O–H groups in total. The lowest BCUT2D eigenvalue weighted by Crippen LogP contribution is -2.53. The molecule has 1 saturated heterocycles. The third kappa shape index (κ3) is 7.12. The number of aromatic nitrogens is 4. The van der Waals surface area contributed by atoms with E-state index in [1.165, 1.54) is 29.3 Å². The third-order valence-corrected chi connectivity index (χ3v) is 6.91. The lowest BCUT2D eigenvalue weighted by Gasteiger charge is -2.39. The minimum atomic E-state index is -1.12. The van der Waals surface area contributed by atoms with Crippen LogP contribution in [0.25, 0.3) is 10.9 Å². The number of hydrogen-bond acceptors (Lipinski definition) is 9. The number of aliphatic hydroxyl groups is 1. The van der Waals surface area contributed by atoms with E-state index >= 15 is 0 Å². The van der Waals surface area contributed by atoms with Crippen molar-refractivity contribution in [3.63, 3.8) is 0 Å². The molecule has 2 aromatic carbocycles. The van der Waals surface area contributed by atoms with E-state index in [2.05, 4.69) is 42.5 Å². The number of aliphatic hydroxyl groups excluding tert-OH is 1. The van der Waals surface area contributed by atoms with Gasteiger partial charge < -0.3 is 25.4 Å². The number of ether oxygens (including phenoxy) is 1. The number of hydrogen-bond donors (Lipinski definition) is 3. The molecule has 11 nitrogen and oxygen atoms in total. The maximum absolute atomic E-state index is 13.8. The monoisotopic (exact) mass is 566 g/mol. The van der Waals surface area contributed by atoms with Crippen molar-refractivity contribution in [2.24, 2.45) is 0 Å². The number of carbonyl (C=O) groups is 1. The number of fused-ring (bicyclic) bond motifs is 1. The third-order valence-electron chi connectivity index (χ3n) is 6.91. The Morgan fingerprint density at radius 3 is 2.93 bits per heavy atom. The average Bonchev–Trinajstić information content (AvgIpc) is 3.40. The SMILES string of the molecule is CN1CCN(CCCOc2ccc3c(Nc4cnn(CC(=O)Nc5cccc(F)c5F)c4)ncnc3c2)C(CO)C1. The number of halogens is 2. The molecule has 1 unspecified atom stereocenters. The Kier molecular flexibility index (Phi) is 8.97. The molecule has 216 valence electrons. The molecule has 5 rings (SSSR count). The summed E-state index contributed by atoms with van der Waals surface area (Å²) in [6.07, 6.45) is 5.42. The van der Waals surface area contributed by atoms with Crippen LogP contribution in [0.15, 0.2) is 55.1 Å².